The van der Waals surface area contributed by atoms with Gasteiger partial charge in [0.25, 0.3) is 17.5 Å². The van der Waals surface area contributed by atoms with Gasteiger partial charge in [0.2, 0.25) is 0 Å². The third kappa shape index (κ3) is 3.78. The zero-order valence-electron chi connectivity index (χ0n) is 12.7. The summed E-state index contributed by atoms with van der Waals surface area (Å²) in [6.07, 6.45) is 1.41. The van der Waals surface area contributed by atoms with Crippen LogP contribution in [0.5, 0.6) is 0 Å². The van der Waals surface area contributed by atoms with Crippen LogP contribution in [0.2, 0.25) is 5.02 Å². The van der Waals surface area contributed by atoms with Crippen molar-refractivity contribution in [3.05, 3.63) is 66.2 Å². The molecule has 0 atom stereocenters. The summed E-state index contributed by atoms with van der Waals surface area (Å²) in [7, 11) is 0. The van der Waals surface area contributed by atoms with Gasteiger partial charge >= 0.3 is 0 Å². The number of hydrogen-bond acceptors (Lipinski definition) is 7. The second-order valence-corrected chi connectivity index (χ2v) is 7.93. The van der Waals surface area contributed by atoms with Crippen LogP contribution >= 0.6 is 46.9 Å². The number of non-ortho nitro benzene ring substituents is 1. The molecule has 1 aliphatic heterocycles. The number of rotatable bonds is 4. The molecule has 1 aliphatic rings. The molecule has 1 aromatic carbocycles. The van der Waals surface area contributed by atoms with E-state index >= 15 is 0 Å². The first-order chi connectivity index (χ1) is 12.4. The van der Waals surface area contributed by atoms with E-state index in [-0.39, 0.29) is 19.9 Å². The number of benzene rings is 1. The molecule has 0 bridgehead atoms. The van der Waals surface area contributed by atoms with Gasteiger partial charge in [-0.1, -0.05) is 29.4 Å². The molecule has 2 heterocycles. The summed E-state index contributed by atoms with van der Waals surface area (Å²) >= 11 is 13.4. The van der Waals surface area contributed by atoms with Crippen molar-refractivity contribution in [2.75, 3.05) is 0 Å². The summed E-state index contributed by atoms with van der Waals surface area (Å²) in [6, 6.07) is 7.25. The highest BCUT2D eigenvalue weighted by Crippen LogP contribution is 2.33. The third-order valence-corrected chi connectivity index (χ3v) is 5.74. The van der Waals surface area contributed by atoms with Gasteiger partial charge in [-0.2, -0.15) is 5.01 Å². The van der Waals surface area contributed by atoms with Gasteiger partial charge in [0, 0.05) is 22.7 Å². The second kappa shape index (κ2) is 7.54. The Morgan fingerprint density at radius 3 is 2.81 bits per heavy atom. The number of thioether (sulfide) groups is 1. The van der Waals surface area contributed by atoms with Gasteiger partial charge < -0.3 is 0 Å². The fourth-order valence-electron chi connectivity index (χ4n) is 2.03. The SMILES string of the molecule is O=C(NN1C(=O)/C(=C/c2cc([N+](=O)[O-])ccc2Cl)SC1=S)c1cccs1. The minimum Gasteiger partial charge on any atom is -0.266 e. The van der Waals surface area contributed by atoms with Crippen molar-refractivity contribution >= 4 is 74.8 Å². The monoisotopic (exact) mass is 425 g/mol. The van der Waals surface area contributed by atoms with Crippen LogP contribution in [0.15, 0.2) is 40.6 Å². The Hall–Kier alpha value is -2.27. The summed E-state index contributed by atoms with van der Waals surface area (Å²) in [5.41, 5.74) is 2.61. The largest absolute Gasteiger partial charge is 0.285 e. The molecule has 1 aromatic heterocycles. The zero-order chi connectivity index (χ0) is 18.8. The molecular formula is C15H8ClN3O4S3. The molecule has 1 fully saturated rings. The first-order valence-electron chi connectivity index (χ1n) is 6.93. The van der Waals surface area contributed by atoms with Crippen LogP contribution in [-0.2, 0) is 4.79 Å². The van der Waals surface area contributed by atoms with Crippen molar-refractivity contribution in [2.45, 2.75) is 0 Å². The van der Waals surface area contributed by atoms with E-state index in [1.807, 2.05) is 0 Å². The maximum atomic E-state index is 12.5. The van der Waals surface area contributed by atoms with E-state index in [1.54, 1.807) is 17.5 Å². The molecule has 7 nitrogen and oxygen atoms in total. The fraction of sp³-hybridized carbons (Fsp3) is 0. The number of carbonyl (C=O) groups excluding carboxylic acids is 2. The predicted molar refractivity (Wildman–Crippen MR) is 105 cm³/mol. The van der Waals surface area contributed by atoms with Crippen LogP contribution in [0, 0.1) is 10.1 Å². The van der Waals surface area contributed by atoms with E-state index in [1.165, 1.54) is 35.6 Å². The molecule has 0 spiro atoms. The average Bonchev–Trinajstić information content (AvgIpc) is 3.21. The van der Waals surface area contributed by atoms with Crippen LogP contribution in [0.1, 0.15) is 15.2 Å². The quantitative estimate of drug-likeness (QED) is 0.346. The average molecular weight is 426 g/mol. The molecule has 11 heteroatoms. The molecule has 132 valence electrons. The second-order valence-electron chi connectivity index (χ2n) is 4.90. The van der Waals surface area contributed by atoms with Crippen LogP contribution in [0.4, 0.5) is 5.69 Å². The molecule has 0 saturated carbocycles. The van der Waals surface area contributed by atoms with E-state index in [9.17, 15) is 19.7 Å². The molecule has 3 rings (SSSR count). The molecule has 2 amide bonds. The smallest absolute Gasteiger partial charge is 0.266 e. The topological polar surface area (TPSA) is 92.6 Å². The minimum absolute atomic E-state index is 0.146. The number of amides is 2. The highest BCUT2D eigenvalue weighted by atomic mass is 35.5. The molecule has 0 radical (unpaired) electrons. The van der Waals surface area contributed by atoms with Crippen molar-refractivity contribution in [2.24, 2.45) is 0 Å². The molecule has 0 unspecified atom stereocenters. The maximum Gasteiger partial charge on any atom is 0.285 e. The van der Waals surface area contributed by atoms with Crippen molar-refractivity contribution in [3.63, 3.8) is 0 Å². The maximum absolute atomic E-state index is 12.5. The van der Waals surface area contributed by atoms with Gasteiger partial charge in [-0.25, -0.2) is 0 Å². The zero-order valence-corrected chi connectivity index (χ0v) is 15.9. The van der Waals surface area contributed by atoms with Gasteiger partial charge in [-0.05, 0) is 35.8 Å². The van der Waals surface area contributed by atoms with E-state index in [0.717, 1.165) is 16.8 Å². The van der Waals surface area contributed by atoms with Crippen LogP contribution < -0.4 is 5.43 Å². The molecule has 2 aromatic rings. The lowest BCUT2D eigenvalue weighted by Gasteiger charge is -2.14. The molecule has 0 aliphatic carbocycles. The molecular weight excluding hydrogens is 418 g/mol. The van der Waals surface area contributed by atoms with Gasteiger partial charge in [0.15, 0.2) is 4.32 Å². The number of hydrazine groups is 1. The number of thiophene rings is 1. The van der Waals surface area contributed by atoms with Crippen LogP contribution in [-0.4, -0.2) is 26.1 Å². The summed E-state index contributed by atoms with van der Waals surface area (Å²) in [6.45, 7) is 0. The highest BCUT2D eigenvalue weighted by molar-refractivity contribution is 8.26. The van der Waals surface area contributed by atoms with Crippen LogP contribution in [0.25, 0.3) is 6.08 Å². The Kier molecular flexibility index (Phi) is 5.37. The number of thiocarbonyl (C=S) groups is 1. The molecule has 26 heavy (non-hydrogen) atoms. The summed E-state index contributed by atoms with van der Waals surface area (Å²) in [4.78, 5) is 35.6. The number of nitrogens with zero attached hydrogens (tertiary/aromatic N) is 2. The lowest BCUT2D eigenvalue weighted by atomic mass is 10.2. The van der Waals surface area contributed by atoms with Gasteiger partial charge in [-0.15, -0.1) is 11.3 Å². The van der Waals surface area contributed by atoms with Gasteiger partial charge in [0.05, 0.1) is 14.7 Å². The molecule has 1 saturated heterocycles. The van der Waals surface area contributed by atoms with E-state index in [2.05, 4.69) is 5.43 Å². The van der Waals surface area contributed by atoms with Gasteiger partial charge in [-0.3, -0.25) is 25.1 Å². The Labute approximate surface area is 165 Å². The van der Waals surface area contributed by atoms with Crippen molar-refractivity contribution in [1.82, 2.24) is 10.4 Å². The first kappa shape index (κ1) is 18.5. The number of carbonyl (C=O) groups is 2. The Balaban J connectivity index is 1.84. The number of nitro groups is 1. The van der Waals surface area contributed by atoms with Crippen molar-refractivity contribution in [1.29, 1.82) is 0 Å². The summed E-state index contributed by atoms with van der Waals surface area (Å²) in [5, 5.41) is 13.9. The summed E-state index contributed by atoms with van der Waals surface area (Å²) < 4.78 is 0.146. The number of halogens is 1. The fourth-order valence-corrected chi connectivity index (χ4v) is 3.98. The Morgan fingerprint density at radius 1 is 1.38 bits per heavy atom. The normalized spacial score (nSPS) is 15.6. The lowest BCUT2D eigenvalue weighted by Crippen LogP contribution is -2.44. The Bertz CT molecular complexity index is 959. The highest BCUT2D eigenvalue weighted by Gasteiger charge is 2.34. The minimum atomic E-state index is -0.555. The number of nitro benzene ring substituents is 1. The van der Waals surface area contributed by atoms with E-state index < -0.39 is 16.7 Å². The van der Waals surface area contributed by atoms with Crippen molar-refractivity contribution < 1.29 is 14.5 Å². The molecule has 1 N–H and O–H groups in total. The van der Waals surface area contributed by atoms with Gasteiger partial charge in [0.1, 0.15) is 0 Å². The third-order valence-electron chi connectivity index (χ3n) is 3.23. The predicted octanol–water partition coefficient (Wildman–Crippen LogP) is 3.86. The van der Waals surface area contributed by atoms with E-state index in [0.29, 0.717) is 10.4 Å². The number of hydrogen-bond donors (Lipinski definition) is 1. The van der Waals surface area contributed by atoms with Crippen LogP contribution in [0.3, 0.4) is 0 Å². The van der Waals surface area contributed by atoms with Crippen molar-refractivity contribution in [3.8, 4) is 0 Å². The lowest BCUT2D eigenvalue weighted by molar-refractivity contribution is -0.384. The standard InChI is InChI=1S/C15H8ClN3O4S3/c16-10-4-3-9(19(22)23)6-8(10)7-12-14(21)18(15(24)26-12)17-13(20)11-2-1-5-25-11/h1-7H,(H,17,20)/b12-7-. The van der Waals surface area contributed by atoms with E-state index in [4.69, 9.17) is 23.8 Å². The first-order valence-corrected chi connectivity index (χ1v) is 9.41. The summed E-state index contributed by atoms with van der Waals surface area (Å²) in [5.74, 6) is -0.988. The Morgan fingerprint density at radius 2 is 2.15 bits per heavy atom. The number of nitrogens with one attached hydrogen (secondary N) is 1.